The number of pyridine rings is 1. The van der Waals surface area contributed by atoms with Crippen molar-refractivity contribution >= 4 is 34.9 Å². The Balaban J connectivity index is 0.00000196. The smallest absolute Gasteiger partial charge is 0.0761 e. The molecule has 0 aliphatic carbocycles. The molecular formula is C21H23Cl2N3. The SMILES string of the molecule is Cl.NC[C@@H]1CN(Cc2ccc(Cl)c3cccnc23)C[C@H]1c1ccccc1. The molecule has 4 rings (SSSR count). The minimum Gasteiger partial charge on any atom is -0.330 e. The van der Waals surface area contributed by atoms with Gasteiger partial charge in [-0.25, -0.2) is 0 Å². The van der Waals surface area contributed by atoms with Crippen LogP contribution in [0.3, 0.4) is 0 Å². The van der Waals surface area contributed by atoms with Gasteiger partial charge in [-0.05, 0) is 41.8 Å². The van der Waals surface area contributed by atoms with Crippen molar-refractivity contribution in [2.45, 2.75) is 12.5 Å². The number of benzene rings is 2. The van der Waals surface area contributed by atoms with Gasteiger partial charge in [-0.2, -0.15) is 0 Å². The van der Waals surface area contributed by atoms with Crippen LogP contribution in [0.25, 0.3) is 10.9 Å². The van der Waals surface area contributed by atoms with Crippen LogP contribution in [0.1, 0.15) is 17.0 Å². The number of aromatic nitrogens is 1. The fraction of sp³-hybridized carbons (Fsp3) is 0.286. The zero-order valence-corrected chi connectivity index (χ0v) is 16.1. The maximum Gasteiger partial charge on any atom is 0.0761 e. The van der Waals surface area contributed by atoms with Crippen molar-refractivity contribution in [2.24, 2.45) is 11.7 Å². The van der Waals surface area contributed by atoms with E-state index in [4.69, 9.17) is 17.3 Å². The van der Waals surface area contributed by atoms with Gasteiger partial charge < -0.3 is 5.73 Å². The van der Waals surface area contributed by atoms with Crippen LogP contribution in [0.2, 0.25) is 5.02 Å². The van der Waals surface area contributed by atoms with E-state index in [1.165, 1.54) is 11.1 Å². The van der Waals surface area contributed by atoms with Gasteiger partial charge >= 0.3 is 0 Å². The molecule has 2 N–H and O–H groups in total. The molecule has 0 amide bonds. The van der Waals surface area contributed by atoms with E-state index in [1.54, 1.807) is 0 Å². The molecule has 1 aliphatic heterocycles. The Morgan fingerprint density at radius 3 is 2.62 bits per heavy atom. The quantitative estimate of drug-likeness (QED) is 0.717. The van der Waals surface area contributed by atoms with Crippen molar-refractivity contribution in [3.8, 4) is 0 Å². The molecule has 2 heterocycles. The van der Waals surface area contributed by atoms with Gasteiger partial charge in [0, 0.05) is 42.2 Å². The number of nitrogens with zero attached hydrogens (tertiary/aromatic N) is 2. The predicted molar refractivity (Wildman–Crippen MR) is 111 cm³/mol. The molecule has 0 radical (unpaired) electrons. The van der Waals surface area contributed by atoms with Crippen LogP contribution in [-0.4, -0.2) is 29.5 Å². The third-order valence-electron chi connectivity index (χ3n) is 5.24. The van der Waals surface area contributed by atoms with E-state index in [0.717, 1.165) is 42.1 Å². The molecule has 2 aromatic carbocycles. The lowest BCUT2D eigenvalue weighted by molar-refractivity contribution is 0.318. The normalized spacial score (nSPS) is 20.2. The molecule has 1 aliphatic rings. The first-order valence-electron chi connectivity index (χ1n) is 8.75. The van der Waals surface area contributed by atoms with Crippen LogP contribution in [0.4, 0.5) is 0 Å². The molecule has 26 heavy (non-hydrogen) atoms. The van der Waals surface area contributed by atoms with E-state index in [-0.39, 0.29) is 12.4 Å². The molecule has 1 fully saturated rings. The fourth-order valence-electron chi connectivity index (χ4n) is 3.97. The van der Waals surface area contributed by atoms with E-state index >= 15 is 0 Å². The molecule has 0 spiro atoms. The molecule has 3 aromatic rings. The zero-order chi connectivity index (χ0) is 17.2. The Labute approximate surface area is 165 Å². The van der Waals surface area contributed by atoms with E-state index in [1.807, 2.05) is 24.4 Å². The summed E-state index contributed by atoms with van der Waals surface area (Å²) in [5.74, 6) is 0.992. The third kappa shape index (κ3) is 3.72. The standard InChI is InChI=1S/C21H22ClN3.ClH/c22-20-9-8-16(21-18(20)7-4-10-24-21)12-25-13-17(11-23)19(14-25)15-5-2-1-3-6-15;/h1-10,17,19H,11-14,23H2;1H/t17-,19+;/m1./s1. The number of fused-ring (bicyclic) bond motifs is 1. The zero-order valence-electron chi connectivity index (χ0n) is 14.5. The average Bonchev–Trinajstić information content (AvgIpc) is 3.08. The molecule has 3 nitrogen and oxygen atoms in total. The van der Waals surface area contributed by atoms with Crippen LogP contribution in [0.15, 0.2) is 60.8 Å². The number of rotatable bonds is 4. The van der Waals surface area contributed by atoms with Gasteiger partial charge in [0.05, 0.1) is 5.52 Å². The number of hydrogen-bond acceptors (Lipinski definition) is 3. The predicted octanol–water partition coefficient (Wildman–Crippen LogP) is 4.48. The first-order valence-corrected chi connectivity index (χ1v) is 9.13. The molecule has 0 saturated carbocycles. The topological polar surface area (TPSA) is 42.1 Å². The van der Waals surface area contributed by atoms with Gasteiger partial charge in [0.25, 0.3) is 0 Å². The Morgan fingerprint density at radius 2 is 1.85 bits per heavy atom. The highest BCUT2D eigenvalue weighted by atomic mass is 35.5. The maximum absolute atomic E-state index is 6.32. The lowest BCUT2D eigenvalue weighted by atomic mass is 9.89. The summed E-state index contributed by atoms with van der Waals surface area (Å²) in [7, 11) is 0. The van der Waals surface area contributed by atoms with Crippen LogP contribution < -0.4 is 5.73 Å². The van der Waals surface area contributed by atoms with Crippen molar-refractivity contribution in [2.75, 3.05) is 19.6 Å². The fourth-order valence-corrected chi connectivity index (χ4v) is 4.19. The van der Waals surface area contributed by atoms with Crippen molar-refractivity contribution < 1.29 is 0 Å². The van der Waals surface area contributed by atoms with Crippen LogP contribution in [-0.2, 0) is 6.54 Å². The van der Waals surface area contributed by atoms with E-state index in [2.05, 4.69) is 46.3 Å². The van der Waals surface area contributed by atoms with Crippen molar-refractivity contribution in [1.82, 2.24) is 9.88 Å². The Bertz CT molecular complexity index is 870. The summed E-state index contributed by atoms with van der Waals surface area (Å²) in [5, 5.41) is 1.78. The molecule has 0 unspecified atom stereocenters. The minimum absolute atomic E-state index is 0. The molecule has 0 bridgehead atoms. The van der Waals surface area contributed by atoms with Gasteiger partial charge in [-0.15, -0.1) is 12.4 Å². The molecular weight excluding hydrogens is 365 g/mol. The second-order valence-electron chi connectivity index (χ2n) is 6.81. The van der Waals surface area contributed by atoms with Crippen LogP contribution in [0.5, 0.6) is 0 Å². The van der Waals surface area contributed by atoms with Crippen LogP contribution in [0, 0.1) is 5.92 Å². The summed E-state index contributed by atoms with van der Waals surface area (Å²) >= 11 is 6.32. The highest BCUT2D eigenvalue weighted by Gasteiger charge is 2.32. The van der Waals surface area contributed by atoms with Gasteiger partial charge in [0.1, 0.15) is 0 Å². The molecule has 1 saturated heterocycles. The average molecular weight is 388 g/mol. The summed E-state index contributed by atoms with van der Waals surface area (Å²) < 4.78 is 0. The number of likely N-dealkylation sites (tertiary alicyclic amines) is 1. The highest BCUT2D eigenvalue weighted by Crippen LogP contribution is 2.34. The summed E-state index contributed by atoms with van der Waals surface area (Å²) in [6, 6.07) is 18.8. The first kappa shape index (κ1) is 19.1. The van der Waals surface area contributed by atoms with E-state index in [9.17, 15) is 0 Å². The second-order valence-corrected chi connectivity index (χ2v) is 7.22. The van der Waals surface area contributed by atoms with Crippen molar-refractivity contribution in [1.29, 1.82) is 0 Å². The highest BCUT2D eigenvalue weighted by molar-refractivity contribution is 6.35. The number of hydrogen-bond donors (Lipinski definition) is 1. The van der Waals surface area contributed by atoms with Crippen molar-refractivity contribution in [3.63, 3.8) is 0 Å². The minimum atomic E-state index is 0. The molecule has 5 heteroatoms. The summed E-state index contributed by atoms with van der Waals surface area (Å²) in [6.07, 6.45) is 1.83. The van der Waals surface area contributed by atoms with E-state index in [0.29, 0.717) is 11.8 Å². The lowest BCUT2D eigenvalue weighted by Gasteiger charge is -2.17. The Kier molecular flexibility index (Phi) is 6.15. The monoisotopic (exact) mass is 387 g/mol. The summed E-state index contributed by atoms with van der Waals surface area (Å²) in [4.78, 5) is 7.06. The van der Waals surface area contributed by atoms with Crippen LogP contribution >= 0.6 is 24.0 Å². The number of nitrogens with two attached hydrogens (primary N) is 1. The first-order chi connectivity index (χ1) is 12.3. The molecule has 1 aromatic heterocycles. The molecule has 136 valence electrons. The molecule has 2 atom stereocenters. The van der Waals surface area contributed by atoms with Gasteiger partial charge in [-0.3, -0.25) is 9.88 Å². The largest absolute Gasteiger partial charge is 0.330 e. The van der Waals surface area contributed by atoms with Gasteiger partial charge in [0.2, 0.25) is 0 Å². The summed E-state index contributed by atoms with van der Waals surface area (Å²) in [6.45, 7) is 3.65. The number of halogens is 2. The maximum atomic E-state index is 6.32. The summed E-state index contributed by atoms with van der Waals surface area (Å²) in [5.41, 5.74) is 9.69. The van der Waals surface area contributed by atoms with Crippen molar-refractivity contribution in [3.05, 3.63) is 76.9 Å². The van der Waals surface area contributed by atoms with E-state index < -0.39 is 0 Å². The Morgan fingerprint density at radius 1 is 1.04 bits per heavy atom. The lowest BCUT2D eigenvalue weighted by Crippen LogP contribution is -2.23. The van der Waals surface area contributed by atoms with Gasteiger partial charge in [-0.1, -0.05) is 48.0 Å². The van der Waals surface area contributed by atoms with Gasteiger partial charge in [0.15, 0.2) is 0 Å². The second kappa shape index (κ2) is 8.36. The Hall–Kier alpha value is -1.65. The third-order valence-corrected chi connectivity index (χ3v) is 5.57.